The maximum Gasteiger partial charge on any atom is 0.242 e. The minimum Gasteiger partial charge on any atom is -0.354 e. The third-order valence-corrected chi connectivity index (χ3v) is 4.77. The molecule has 2 atom stereocenters. The molecule has 1 aromatic carbocycles. The highest BCUT2D eigenvalue weighted by atomic mass is 16.2. The number of hydrogen-bond acceptors (Lipinski definition) is 3. The van der Waals surface area contributed by atoms with Gasteiger partial charge in [0.2, 0.25) is 11.8 Å². The summed E-state index contributed by atoms with van der Waals surface area (Å²) in [7, 11) is 0. The van der Waals surface area contributed by atoms with Gasteiger partial charge in [-0.1, -0.05) is 31.2 Å². The summed E-state index contributed by atoms with van der Waals surface area (Å²) < 4.78 is 0. The van der Waals surface area contributed by atoms with Gasteiger partial charge in [-0.2, -0.15) is 0 Å². The van der Waals surface area contributed by atoms with Crippen molar-refractivity contribution in [2.24, 2.45) is 0 Å². The van der Waals surface area contributed by atoms with Crippen LogP contribution in [0.5, 0.6) is 0 Å². The van der Waals surface area contributed by atoms with Gasteiger partial charge in [-0.25, -0.2) is 0 Å². The molecular weight excluding hydrogens is 290 g/mol. The zero-order valence-corrected chi connectivity index (χ0v) is 13.7. The molecular formula is C18H25N3O2. The number of likely N-dealkylation sites (tertiary alicyclic amines) is 1. The van der Waals surface area contributed by atoms with Crippen LogP contribution < -0.4 is 10.6 Å². The summed E-state index contributed by atoms with van der Waals surface area (Å²) in [6.45, 7) is 4.10. The quantitative estimate of drug-likeness (QED) is 0.878. The number of rotatable bonds is 4. The highest BCUT2D eigenvalue weighted by Crippen LogP contribution is 2.22. The fourth-order valence-electron chi connectivity index (χ4n) is 3.50. The fraction of sp³-hybridized carbons (Fsp3) is 0.556. The zero-order chi connectivity index (χ0) is 16.2. The molecule has 5 heteroatoms. The normalized spacial score (nSPS) is 23.4. The predicted octanol–water partition coefficient (Wildman–Crippen LogP) is 1.22. The molecule has 0 unspecified atom stereocenters. The van der Waals surface area contributed by atoms with Crippen LogP contribution >= 0.6 is 0 Å². The predicted molar refractivity (Wildman–Crippen MR) is 88.8 cm³/mol. The molecule has 2 amide bonds. The fourth-order valence-corrected chi connectivity index (χ4v) is 3.50. The average molecular weight is 315 g/mol. The molecule has 0 saturated carbocycles. The van der Waals surface area contributed by atoms with Gasteiger partial charge in [0.05, 0.1) is 6.04 Å². The van der Waals surface area contributed by atoms with Gasteiger partial charge in [-0.05, 0) is 36.8 Å². The van der Waals surface area contributed by atoms with Crippen molar-refractivity contribution in [3.05, 3.63) is 35.4 Å². The molecule has 1 saturated heterocycles. The Kier molecular flexibility index (Phi) is 4.96. The van der Waals surface area contributed by atoms with Gasteiger partial charge in [-0.15, -0.1) is 0 Å². The van der Waals surface area contributed by atoms with Crippen LogP contribution in [0.1, 0.15) is 37.3 Å². The second kappa shape index (κ2) is 7.13. The molecule has 0 aromatic heterocycles. The van der Waals surface area contributed by atoms with Crippen LogP contribution in [0.2, 0.25) is 0 Å². The Morgan fingerprint density at radius 3 is 2.87 bits per heavy atom. The van der Waals surface area contributed by atoms with Crippen molar-refractivity contribution in [1.82, 2.24) is 15.5 Å². The maximum absolute atomic E-state index is 12.9. The topological polar surface area (TPSA) is 61.4 Å². The molecule has 2 heterocycles. The van der Waals surface area contributed by atoms with Crippen LogP contribution in [0.15, 0.2) is 24.3 Å². The Labute approximate surface area is 137 Å². The van der Waals surface area contributed by atoms with Crippen molar-refractivity contribution in [1.29, 1.82) is 0 Å². The molecule has 0 bridgehead atoms. The summed E-state index contributed by atoms with van der Waals surface area (Å²) in [5.74, 6) is 0.0579. The maximum atomic E-state index is 12.9. The van der Waals surface area contributed by atoms with Gasteiger partial charge in [0.15, 0.2) is 0 Å². The Hall–Kier alpha value is -1.88. The second-order valence-electron chi connectivity index (χ2n) is 6.39. The van der Waals surface area contributed by atoms with E-state index in [9.17, 15) is 9.59 Å². The monoisotopic (exact) mass is 315 g/mol. The van der Waals surface area contributed by atoms with Crippen molar-refractivity contribution in [2.75, 3.05) is 13.1 Å². The molecule has 1 aromatic rings. The Morgan fingerprint density at radius 2 is 2.09 bits per heavy atom. The number of nitrogens with one attached hydrogen (secondary N) is 2. The highest BCUT2D eigenvalue weighted by molar-refractivity contribution is 5.90. The van der Waals surface area contributed by atoms with Crippen LogP contribution in [-0.4, -0.2) is 41.9 Å². The van der Waals surface area contributed by atoms with E-state index >= 15 is 0 Å². The van der Waals surface area contributed by atoms with Crippen molar-refractivity contribution < 1.29 is 9.59 Å². The van der Waals surface area contributed by atoms with E-state index in [4.69, 9.17) is 0 Å². The van der Waals surface area contributed by atoms with E-state index in [1.54, 1.807) is 4.90 Å². The smallest absolute Gasteiger partial charge is 0.242 e. The lowest BCUT2D eigenvalue weighted by Gasteiger charge is -2.31. The van der Waals surface area contributed by atoms with E-state index in [1.165, 1.54) is 11.1 Å². The molecule has 2 aliphatic heterocycles. The highest BCUT2D eigenvalue weighted by Gasteiger charge is 2.37. The Bertz CT molecular complexity index is 587. The number of amides is 2. The summed E-state index contributed by atoms with van der Waals surface area (Å²) in [4.78, 5) is 26.9. The van der Waals surface area contributed by atoms with E-state index in [-0.39, 0.29) is 23.9 Å². The largest absolute Gasteiger partial charge is 0.354 e. The van der Waals surface area contributed by atoms with Gasteiger partial charge in [0.25, 0.3) is 0 Å². The molecule has 1 fully saturated rings. The molecule has 124 valence electrons. The standard InChI is InChI=1S/C18H25N3O2/c1-2-9-19-17(22)16-8-5-10-21(16)18(23)15-11-13-6-3-4-7-14(13)12-20-15/h3-4,6-7,15-16,20H,2,5,8-12H2,1H3,(H,19,22)/t15-,16+/m1/s1. The minimum absolute atomic E-state index is 0.00564. The summed E-state index contributed by atoms with van der Waals surface area (Å²) in [5, 5.41) is 6.26. The molecule has 2 aliphatic rings. The van der Waals surface area contributed by atoms with Crippen molar-refractivity contribution in [2.45, 2.75) is 51.2 Å². The van der Waals surface area contributed by atoms with Crippen LogP contribution in [-0.2, 0) is 22.6 Å². The lowest BCUT2D eigenvalue weighted by atomic mass is 9.95. The lowest BCUT2D eigenvalue weighted by Crippen LogP contribution is -2.54. The van der Waals surface area contributed by atoms with Crippen molar-refractivity contribution >= 4 is 11.8 Å². The van der Waals surface area contributed by atoms with Crippen LogP contribution in [0, 0.1) is 0 Å². The molecule has 0 aliphatic carbocycles. The average Bonchev–Trinajstić information content (AvgIpc) is 3.08. The summed E-state index contributed by atoms with van der Waals surface area (Å²) in [6, 6.07) is 7.71. The van der Waals surface area contributed by atoms with E-state index in [0.717, 1.165) is 19.3 Å². The molecule has 3 rings (SSSR count). The van der Waals surface area contributed by atoms with E-state index in [2.05, 4.69) is 22.8 Å². The summed E-state index contributed by atoms with van der Waals surface area (Å²) in [6.07, 6.45) is 3.28. The van der Waals surface area contributed by atoms with Gasteiger partial charge in [0, 0.05) is 19.6 Å². The molecule has 2 N–H and O–H groups in total. The Balaban J connectivity index is 1.67. The van der Waals surface area contributed by atoms with Gasteiger partial charge in [0.1, 0.15) is 6.04 Å². The number of fused-ring (bicyclic) bond motifs is 1. The minimum atomic E-state index is -0.298. The number of carbonyl (C=O) groups is 2. The SMILES string of the molecule is CCCNC(=O)[C@@H]1CCCN1C(=O)[C@H]1Cc2ccccc2CN1. The number of benzene rings is 1. The summed E-state index contributed by atoms with van der Waals surface area (Å²) >= 11 is 0. The van der Waals surface area contributed by atoms with E-state index < -0.39 is 0 Å². The van der Waals surface area contributed by atoms with Crippen LogP contribution in [0.3, 0.4) is 0 Å². The third kappa shape index (κ3) is 3.39. The lowest BCUT2D eigenvalue weighted by molar-refractivity contribution is -0.140. The zero-order valence-electron chi connectivity index (χ0n) is 13.7. The summed E-state index contributed by atoms with van der Waals surface area (Å²) in [5.41, 5.74) is 2.49. The molecule has 0 spiro atoms. The van der Waals surface area contributed by atoms with E-state index in [0.29, 0.717) is 26.1 Å². The van der Waals surface area contributed by atoms with Gasteiger partial charge in [-0.3, -0.25) is 9.59 Å². The molecule has 23 heavy (non-hydrogen) atoms. The van der Waals surface area contributed by atoms with Crippen molar-refractivity contribution in [3.8, 4) is 0 Å². The van der Waals surface area contributed by atoms with Crippen LogP contribution in [0.25, 0.3) is 0 Å². The number of hydrogen-bond donors (Lipinski definition) is 2. The van der Waals surface area contributed by atoms with Crippen LogP contribution in [0.4, 0.5) is 0 Å². The molecule has 0 radical (unpaired) electrons. The Morgan fingerprint density at radius 1 is 1.30 bits per heavy atom. The first kappa shape index (κ1) is 16.0. The number of carbonyl (C=O) groups excluding carboxylic acids is 2. The number of nitrogens with zero attached hydrogens (tertiary/aromatic N) is 1. The first-order valence-electron chi connectivity index (χ1n) is 8.59. The van der Waals surface area contributed by atoms with Gasteiger partial charge < -0.3 is 15.5 Å². The van der Waals surface area contributed by atoms with Gasteiger partial charge >= 0.3 is 0 Å². The first-order chi connectivity index (χ1) is 11.2. The first-order valence-corrected chi connectivity index (χ1v) is 8.59. The molecule has 5 nitrogen and oxygen atoms in total. The van der Waals surface area contributed by atoms with E-state index in [1.807, 2.05) is 19.1 Å². The third-order valence-electron chi connectivity index (χ3n) is 4.77. The second-order valence-corrected chi connectivity index (χ2v) is 6.39. The van der Waals surface area contributed by atoms with Crippen molar-refractivity contribution in [3.63, 3.8) is 0 Å².